The minimum Gasteiger partial charge on any atom is -0.341 e. The summed E-state index contributed by atoms with van der Waals surface area (Å²) in [6.07, 6.45) is 3.74. The fourth-order valence-corrected chi connectivity index (χ4v) is 3.01. The van der Waals surface area contributed by atoms with Crippen LogP contribution in [0.15, 0.2) is 48.0 Å². The Bertz CT molecular complexity index is 774. The maximum atomic E-state index is 12.4. The number of para-hydroxylation sites is 1. The normalized spacial score (nSPS) is 12.2. The van der Waals surface area contributed by atoms with Gasteiger partial charge in [-0.25, -0.2) is 15.0 Å². The van der Waals surface area contributed by atoms with Crippen molar-refractivity contribution in [2.45, 2.75) is 23.6 Å². The van der Waals surface area contributed by atoms with E-state index in [4.69, 9.17) is 0 Å². The van der Waals surface area contributed by atoms with Gasteiger partial charge in [0.15, 0.2) is 5.65 Å². The molecule has 112 valence electrons. The van der Waals surface area contributed by atoms with E-state index in [0.717, 1.165) is 16.2 Å². The van der Waals surface area contributed by atoms with Crippen LogP contribution >= 0.6 is 11.8 Å². The average Bonchev–Trinajstić information content (AvgIpc) is 3.02. The summed E-state index contributed by atoms with van der Waals surface area (Å²) in [5.41, 5.74) is 2.16. The van der Waals surface area contributed by atoms with Crippen LogP contribution in [0.3, 0.4) is 0 Å². The lowest BCUT2D eigenvalue weighted by Crippen LogP contribution is -2.24. The second kappa shape index (κ2) is 6.57. The van der Waals surface area contributed by atoms with E-state index in [9.17, 15) is 4.79 Å². The van der Waals surface area contributed by atoms with E-state index in [1.54, 1.807) is 6.33 Å². The molecule has 0 saturated carbocycles. The van der Waals surface area contributed by atoms with Crippen LogP contribution in [-0.2, 0) is 4.79 Å². The summed E-state index contributed by atoms with van der Waals surface area (Å²) in [7, 11) is 0. The molecule has 2 aromatic heterocycles. The highest BCUT2D eigenvalue weighted by molar-refractivity contribution is 8.00. The monoisotopic (exact) mass is 313 g/mol. The van der Waals surface area contributed by atoms with Gasteiger partial charge < -0.3 is 10.3 Å². The smallest absolute Gasteiger partial charge is 0.237 e. The lowest BCUT2D eigenvalue weighted by molar-refractivity contribution is -0.115. The van der Waals surface area contributed by atoms with Crippen LogP contribution in [0.25, 0.3) is 11.2 Å². The van der Waals surface area contributed by atoms with Crippen LogP contribution in [0.2, 0.25) is 0 Å². The van der Waals surface area contributed by atoms with Gasteiger partial charge in [0, 0.05) is 5.69 Å². The first-order chi connectivity index (χ1) is 10.8. The molecule has 3 rings (SSSR count). The average molecular weight is 313 g/mol. The van der Waals surface area contributed by atoms with Gasteiger partial charge in [-0.05, 0) is 18.6 Å². The summed E-state index contributed by atoms with van der Waals surface area (Å²) >= 11 is 1.42. The Morgan fingerprint density at radius 2 is 2.09 bits per heavy atom. The fourth-order valence-electron chi connectivity index (χ4n) is 2.03. The molecule has 0 aliphatic rings. The number of nitrogens with one attached hydrogen (secondary N) is 2. The number of aromatic amines is 1. The van der Waals surface area contributed by atoms with Gasteiger partial charge in [0.2, 0.25) is 5.91 Å². The molecule has 0 radical (unpaired) electrons. The van der Waals surface area contributed by atoms with Gasteiger partial charge in [0.05, 0.1) is 11.6 Å². The van der Waals surface area contributed by atoms with Crippen LogP contribution in [0.5, 0.6) is 0 Å². The molecule has 3 aromatic rings. The maximum Gasteiger partial charge on any atom is 0.237 e. The summed E-state index contributed by atoms with van der Waals surface area (Å²) in [6.45, 7) is 1.98. The number of thioether (sulfide) groups is 1. The number of anilines is 1. The highest BCUT2D eigenvalue weighted by atomic mass is 32.2. The SMILES string of the molecule is CC[C@H](Sc1ncnc2nc[nH]c12)C(=O)Nc1ccccc1. The molecule has 0 aliphatic carbocycles. The zero-order valence-electron chi connectivity index (χ0n) is 12.0. The van der Waals surface area contributed by atoms with Gasteiger partial charge in [-0.2, -0.15) is 0 Å². The lowest BCUT2D eigenvalue weighted by atomic mass is 10.3. The summed E-state index contributed by atoms with van der Waals surface area (Å²) in [5.74, 6) is -0.0371. The second-order valence-electron chi connectivity index (χ2n) is 4.65. The molecular weight excluding hydrogens is 298 g/mol. The molecule has 2 N–H and O–H groups in total. The fraction of sp³-hybridized carbons (Fsp3) is 0.200. The molecule has 6 nitrogen and oxygen atoms in total. The van der Waals surface area contributed by atoms with E-state index in [0.29, 0.717) is 12.1 Å². The van der Waals surface area contributed by atoms with Crippen molar-refractivity contribution in [3.05, 3.63) is 43.0 Å². The van der Waals surface area contributed by atoms with E-state index in [1.807, 2.05) is 37.3 Å². The number of benzene rings is 1. The Balaban J connectivity index is 1.77. The molecule has 0 fully saturated rings. The number of hydrogen-bond donors (Lipinski definition) is 2. The Kier molecular flexibility index (Phi) is 4.34. The van der Waals surface area contributed by atoms with Gasteiger partial charge >= 0.3 is 0 Å². The largest absolute Gasteiger partial charge is 0.341 e. The zero-order chi connectivity index (χ0) is 15.4. The number of fused-ring (bicyclic) bond motifs is 1. The minimum atomic E-state index is -0.235. The van der Waals surface area contributed by atoms with Crippen LogP contribution < -0.4 is 5.32 Å². The molecule has 0 unspecified atom stereocenters. The molecular formula is C15H15N5OS. The molecule has 0 aliphatic heterocycles. The number of imidazole rings is 1. The van der Waals surface area contributed by atoms with Crippen molar-refractivity contribution >= 4 is 34.5 Å². The second-order valence-corrected chi connectivity index (χ2v) is 5.84. The molecule has 0 saturated heterocycles. The van der Waals surface area contributed by atoms with E-state index < -0.39 is 0 Å². The molecule has 2 heterocycles. The molecule has 0 spiro atoms. The van der Waals surface area contributed by atoms with Crippen molar-refractivity contribution in [2.75, 3.05) is 5.32 Å². The number of nitrogens with zero attached hydrogens (tertiary/aromatic N) is 3. The molecule has 1 aromatic carbocycles. The van der Waals surface area contributed by atoms with Gasteiger partial charge in [0.25, 0.3) is 0 Å². The van der Waals surface area contributed by atoms with Crippen LogP contribution in [0, 0.1) is 0 Å². The van der Waals surface area contributed by atoms with Crippen LogP contribution in [0.4, 0.5) is 5.69 Å². The predicted molar refractivity (Wildman–Crippen MR) is 86.7 cm³/mol. The Hall–Kier alpha value is -2.41. The molecule has 22 heavy (non-hydrogen) atoms. The quantitative estimate of drug-likeness (QED) is 0.559. The van der Waals surface area contributed by atoms with Crippen LogP contribution in [-0.4, -0.2) is 31.1 Å². The van der Waals surface area contributed by atoms with Crippen molar-refractivity contribution in [3.8, 4) is 0 Å². The van der Waals surface area contributed by atoms with E-state index in [2.05, 4.69) is 25.3 Å². The number of hydrogen-bond acceptors (Lipinski definition) is 5. The highest BCUT2D eigenvalue weighted by Crippen LogP contribution is 2.28. The number of rotatable bonds is 5. The van der Waals surface area contributed by atoms with Crippen molar-refractivity contribution in [2.24, 2.45) is 0 Å². The molecule has 0 bridgehead atoms. The number of H-pyrrole nitrogens is 1. The molecule has 1 atom stereocenters. The van der Waals surface area contributed by atoms with E-state index >= 15 is 0 Å². The number of aromatic nitrogens is 4. The van der Waals surface area contributed by atoms with Crippen molar-refractivity contribution in [1.29, 1.82) is 0 Å². The third-order valence-corrected chi connectivity index (χ3v) is 4.51. The van der Waals surface area contributed by atoms with Crippen LogP contribution in [0.1, 0.15) is 13.3 Å². The third kappa shape index (κ3) is 3.09. The number of carbonyl (C=O) groups excluding carboxylic acids is 1. The molecule has 1 amide bonds. The maximum absolute atomic E-state index is 12.4. The Morgan fingerprint density at radius 3 is 2.86 bits per heavy atom. The standard InChI is InChI=1S/C15H15N5OS/c1-2-11(14(21)20-10-6-4-3-5-7-10)22-15-12-13(17-8-16-12)18-9-19-15/h3-9,11H,2H2,1H3,(H,20,21)(H,16,17,18,19)/t11-/m0/s1. The van der Waals surface area contributed by atoms with Crippen molar-refractivity contribution in [1.82, 2.24) is 19.9 Å². The van der Waals surface area contributed by atoms with Gasteiger partial charge in [-0.3, -0.25) is 4.79 Å². The minimum absolute atomic E-state index is 0.0371. The summed E-state index contributed by atoms with van der Waals surface area (Å²) < 4.78 is 0. The molecule has 7 heteroatoms. The number of carbonyl (C=O) groups is 1. The van der Waals surface area contributed by atoms with Crippen molar-refractivity contribution in [3.63, 3.8) is 0 Å². The first-order valence-corrected chi connectivity index (χ1v) is 7.82. The lowest BCUT2D eigenvalue weighted by Gasteiger charge is -2.14. The summed E-state index contributed by atoms with van der Waals surface area (Å²) in [5, 5.41) is 3.43. The van der Waals surface area contributed by atoms with E-state index in [-0.39, 0.29) is 11.2 Å². The Morgan fingerprint density at radius 1 is 1.27 bits per heavy atom. The number of amides is 1. The van der Waals surface area contributed by atoms with E-state index in [1.165, 1.54) is 18.1 Å². The summed E-state index contributed by atoms with van der Waals surface area (Å²) in [4.78, 5) is 27.9. The first-order valence-electron chi connectivity index (χ1n) is 6.94. The van der Waals surface area contributed by atoms with Crippen molar-refractivity contribution < 1.29 is 4.79 Å². The first kappa shape index (κ1) is 14.5. The topological polar surface area (TPSA) is 83.6 Å². The van der Waals surface area contributed by atoms with Gasteiger partial charge in [-0.1, -0.05) is 36.9 Å². The Labute approximate surface area is 131 Å². The third-order valence-electron chi connectivity index (χ3n) is 3.15. The van der Waals surface area contributed by atoms with Gasteiger partial charge in [-0.15, -0.1) is 0 Å². The highest BCUT2D eigenvalue weighted by Gasteiger charge is 2.20. The van der Waals surface area contributed by atoms with Gasteiger partial charge in [0.1, 0.15) is 16.9 Å². The zero-order valence-corrected chi connectivity index (χ0v) is 12.8. The summed E-state index contributed by atoms with van der Waals surface area (Å²) in [6, 6.07) is 9.43. The predicted octanol–water partition coefficient (Wildman–Crippen LogP) is 2.86.